The molecule has 1 aromatic carbocycles. The molecule has 3 rings (SSSR count). The minimum absolute atomic E-state index is 0.00254. The number of anilines is 1. The van der Waals surface area contributed by atoms with Crippen LogP contribution in [-0.4, -0.2) is 55.9 Å². The maximum Gasteiger partial charge on any atom is 0.241 e. The normalized spacial score (nSPS) is 26.9. The zero-order valence-corrected chi connectivity index (χ0v) is 15.6. The van der Waals surface area contributed by atoms with E-state index in [4.69, 9.17) is 0 Å². The van der Waals surface area contributed by atoms with E-state index in [1.165, 1.54) is 5.56 Å². The third kappa shape index (κ3) is 3.22. The number of piperazine rings is 1. The van der Waals surface area contributed by atoms with E-state index in [0.29, 0.717) is 12.5 Å². The molecule has 0 aliphatic carbocycles. The summed E-state index contributed by atoms with van der Waals surface area (Å²) < 4.78 is 24.5. The molecule has 2 atom stereocenters. The van der Waals surface area contributed by atoms with Crippen LogP contribution in [0.25, 0.3) is 0 Å². The highest BCUT2D eigenvalue weighted by atomic mass is 32.2. The molecule has 1 amide bonds. The van der Waals surface area contributed by atoms with Crippen molar-refractivity contribution in [2.24, 2.45) is 5.92 Å². The molecule has 2 heterocycles. The van der Waals surface area contributed by atoms with Crippen LogP contribution in [0.3, 0.4) is 0 Å². The molecule has 2 saturated heterocycles. The minimum atomic E-state index is -3.12. The van der Waals surface area contributed by atoms with E-state index < -0.39 is 9.84 Å². The van der Waals surface area contributed by atoms with Crippen molar-refractivity contribution in [3.8, 4) is 0 Å². The molecule has 6 heteroatoms. The van der Waals surface area contributed by atoms with Gasteiger partial charge in [-0.1, -0.05) is 19.9 Å². The average Bonchev–Trinajstić information content (AvgIpc) is 2.77. The van der Waals surface area contributed by atoms with E-state index >= 15 is 0 Å². The Bertz CT molecular complexity index is 758. The molecule has 2 aliphatic heterocycles. The molecule has 2 unspecified atom stereocenters. The number of hydrogen-bond acceptors (Lipinski definition) is 4. The lowest BCUT2D eigenvalue weighted by atomic mass is 10.0. The summed E-state index contributed by atoms with van der Waals surface area (Å²) in [6.07, 6.45) is 0. The molecule has 0 bridgehead atoms. The van der Waals surface area contributed by atoms with Gasteiger partial charge < -0.3 is 4.90 Å². The topological polar surface area (TPSA) is 57.7 Å². The smallest absolute Gasteiger partial charge is 0.241 e. The number of aryl methyl sites for hydroxylation is 2. The highest BCUT2D eigenvalue weighted by molar-refractivity contribution is 7.91. The van der Waals surface area contributed by atoms with E-state index in [1.54, 1.807) is 4.90 Å². The van der Waals surface area contributed by atoms with Crippen LogP contribution in [0.5, 0.6) is 0 Å². The van der Waals surface area contributed by atoms with E-state index in [1.807, 2.05) is 32.0 Å². The number of carbonyl (C=O) groups excluding carboxylic acids is 1. The van der Waals surface area contributed by atoms with Crippen molar-refractivity contribution in [3.63, 3.8) is 0 Å². The van der Waals surface area contributed by atoms with Crippen LogP contribution in [-0.2, 0) is 14.6 Å². The predicted octanol–water partition coefficient (Wildman–Crippen LogP) is 1.77. The second-order valence-corrected chi connectivity index (χ2v) is 9.72. The van der Waals surface area contributed by atoms with Crippen LogP contribution in [0.1, 0.15) is 25.0 Å². The van der Waals surface area contributed by atoms with Crippen LogP contribution < -0.4 is 4.90 Å². The highest BCUT2D eigenvalue weighted by Gasteiger charge is 2.49. The van der Waals surface area contributed by atoms with Gasteiger partial charge in [-0.05, 0) is 43.0 Å². The maximum atomic E-state index is 12.8. The Labute approximate surface area is 144 Å². The van der Waals surface area contributed by atoms with E-state index in [0.717, 1.165) is 17.8 Å². The predicted molar refractivity (Wildman–Crippen MR) is 96.0 cm³/mol. The molecule has 5 nitrogen and oxygen atoms in total. The van der Waals surface area contributed by atoms with Crippen LogP contribution >= 0.6 is 0 Å². The Morgan fingerprint density at radius 1 is 1.12 bits per heavy atom. The first-order valence-corrected chi connectivity index (χ1v) is 10.3. The summed E-state index contributed by atoms with van der Waals surface area (Å²) in [4.78, 5) is 16.6. The lowest BCUT2D eigenvalue weighted by molar-refractivity contribution is -0.123. The summed E-state index contributed by atoms with van der Waals surface area (Å²) in [6.45, 7) is 9.29. The molecule has 0 radical (unpaired) electrons. The lowest BCUT2D eigenvalue weighted by Crippen LogP contribution is -2.62. The molecule has 0 aromatic heterocycles. The third-order valence-electron chi connectivity index (χ3n) is 5.07. The number of amides is 1. The van der Waals surface area contributed by atoms with Gasteiger partial charge in [-0.15, -0.1) is 0 Å². The summed E-state index contributed by atoms with van der Waals surface area (Å²) in [5, 5.41) is 0. The first kappa shape index (κ1) is 17.4. The fourth-order valence-corrected chi connectivity index (χ4v) is 5.82. The van der Waals surface area contributed by atoms with Gasteiger partial charge in [0.2, 0.25) is 5.91 Å². The highest BCUT2D eigenvalue weighted by Crippen LogP contribution is 2.32. The van der Waals surface area contributed by atoms with Gasteiger partial charge in [0.15, 0.2) is 9.84 Å². The largest absolute Gasteiger partial charge is 0.306 e. The SMILES string of the molecule is Cc1ccc(N2C(=O)CN(CC(C)C)C3CS(=O)(=O)CC32)cc1C. The van der Waals surface area contributed by atoms with Gasteiger partial charge in [-0.25, -0.2) is 8.42 Å². The average molecular weight is 350 g/mol. The van der Waals surface area contributed by atoms with Gasteiger partial charge in [-0.3, -0.25) is 9.69 Å². The summed E-state index contributed by atoms with van der Waals surface area (Å²) in [6, 6.07) is 5.54. The number of rotatable bonds is 3. The Morgan fingerprint density at radius 2 is 1.79 bits per heavy atom. The molecule has 24 heavy (non-hydrogen) atoms. The van der Waals surface area contributed by atoms with Gasteiger partial charge in [0.05, 0.1) is 24.1 Å². The quantitative estimate of drug-likeness (QED) is 0.834. The van der Waals surface area contributed by atoms with E-state index in [-0.39, 0.29) is 29.5 Å². The second-order valence-electron chi connectivity index (χ2n) is 7.57. The first-order valence-electron chi connectivity index (χ1n) is 8.52. The fraction of sp³-hybridized carbons (Fsp3) is 0.611. The van der Waals surface area contributed by atoms with E-state index in [2.05, 4.69) is 18.7 Å². The summed E-state index contributed by atoms with van der Waals surface area (Å²) in [5.41, 5.74) is 3.10. The number of benzene rings is 1. The van der Waals surface area contributed by atoms with Crippen LogP contribution in [0, 0.1) is 19.8 Å². The summed E-state index contributed by atoms with van der Waals surface area (Å²) in [7, 11) is -3.12. The van der Waals surface area contributed by atoms with Crippen LogP contribution in [0.15, 0.2) is 18.2 Å². The lowest BCUT2D eigenvalue weighted by Gasteiger charge is -2.44. The molecular formula is C18H26N2O3S. The number of fused-ring (bicyclic) bond motifs is 1. The Kier molecular flexibility index (Phi) is 4.47. The van der Waals surface area contributed by atoms with Gasteiger partial charge >= 0.3 is 0 Å². The molecule has 0 spiro atoms. The van der Waals surface area contributed by atoms with Crippen molar-refractivity contribution < 1.29 is 13.2 Å². The molecule has 132 valence electrons. The molecule has 2 fully saturated rings. The number of hydrogen-bond donors (Lipinski definition) is 0. The van der Waals surface area contributed by atoms with Crippen molar-refractivity contribution in [3.05, 3.63) is 29.3 Å². The Balaban J connectivity index is 1.99. The molecular weight excluding hydrogens is 324 g/mol. The Hall–Kier alpha value is -1.40. The van der Waals surface area contributed by atoms with Crippen molar-refractivity contribution in [1.29, 1.82) is 0 Å². The molecule has 2 aliphatic rings. The van der Waals surface area contributed by atoms with Crippen LogP contribution in [0.2, 0.25) is 0 Å². The fourth-order valence-electron chi connectivity index (χ4n) is 3.84. The standard InChI is InChI=1S/C18H26N2O3S/c1-12(2)8-19-9-18(21)20(15-6-5-13(3)14(4)7-15)17-11-24(22,23)10-16(17)19/h5-7,12,16-17H,8-11H2,1-4H3. The number of sulfone groups is 1. The number of nitrogens with zero attached hydrogens (tertiary/aromatic N) is 2. The monoisotopic (exact) mass is 350 g/mol. The van der Waals surface area contributed by atoms with Gasteiger partial charge in [-0.2, -0.15) is 0 Å². The van der Waals surface area contributed by atoms with Gasteiger partial charge in [0, 0.05) is 18.3 Å². The van der Waals surface area contributed by atoms with Gasteiger partial charge in [0.25, 0.3) is 0 Å². The zero-order chi connectivity index (χ0) is 17.6. The zero-order valence-electron chi connectivity index (χ0n) is 14.8. The third-order valence-corrected chi connectivity index (χ3v) is 6.77. The molecule has 1 aromatic rings. The minimum Gasteiger partial charge on any atom is -0.306 e. The maximum absolute atomic E-state index is 12.8. The van der Waals surface area contributed by atoms with E-state index in [9.17, 15) is 13.2 Å². The van der Waals surface area contributed by atoms with Crippen molar-refractivity contribution in [2.45, 2.75) is 39.8 Å². The van der Waals surface area contributed by atoms with Crippen LogP contribution in [0.4, 0.5) is 5.69 Å². The van der Waals surface area contributed by atoms with Crippen molar-refractivity contribution in [1.82, 2.24) is 4.90 Å². The molecule has 0 N–H and O–H groups in total. The van der Waals surface area contributed by atoms with Crippen molar-refractivity contribution in [2.75, 3.05) is 29.5 Å². The second kappa shape index (κ2) is 6.15. The molecule has 0 saturated carbocycles. The summed E-state index contributed by atoms with van der Waals surface area (Å²) >= 11 is 0. The first-order chi connectivity index (χ1) is 11.2. The summed E-state index contributed by atoms with van der Waals surface area (Å²) in [5.74, 6) is 0.608. The van der Waals surface area contributed by atoms with Gasteiger partial charge in [0.1, 0.15) is 0 Å². The van der Waals surface area contributed by atoms with Crippen molar-refractivity contribution >= 4 is 21.4 Å². The number of carbonyl (C=O) groups is 1. The Morgan fingerprint density at radius 3 is 2.42 bits per heavy atom.